The lowest BCUT2D eigenvalue weighted by Crippen LogP contribution is -2.22. The second-order valence-corrected chi connectivity index (χ2v) is 2.77. The first-order valence-corrected chi connectivity index (χ1v) is 4.11. The van der Waals surface area contributed by atoms with Crippen LogP contribution < -0.4 is 0 Å². The monoisotopic (exact) mass is 162 g/mol. The Hall–Kier alpha value is -0.120. The Labute approximate surface area is 68.0 Å². The fraction of sp³-hybridized carbons (Fsp3) is 1.00. The molecule has 0 radical (unpaired) electrons. The molecule has 3 heteroatoms. The quantitative estimate of drug-likeness (QED) is 0.599. The van der Waals surface area contributed by atoms with E-state index >= 15 is 0 Å². The van der Waals surface area contributed by atoms with E-state index in [1.807, 2.05) is 6.92 Å². The van der Waals surface area contributed by atoms with Gasteiger partial charge in [-0.1, -0.05) is 13.3 Å². The lowest BCUT2D eigenvalue weighted by Gasteiger charge is -2.13. The van der Waals surface area contributed by atoms with Crippen molar-refractivity contribution >= 4 is 0 Å². The van der Waals surface area contributed by atoms with Crippen LogP contribution in [0.1, 0.15) is 26.7 Å². The van der Waals surface area contributed by atoms with Gasteiger partial charge in [0.1, 0.15) is 6.10 Å². The third-order valence-corrected chi connectivity index (χ3v) is 1.48. The molecule has 2 N–H and O–H groups in total. The molecule has 2 unspecified atom stereocenters. The topological polar surface area (TPSA) is 49.7 Å². The van der Waals surface area contributed by atoms with Crippen molar-refractivity contribution in [2.45, 2.75) is 38.9 Å². The molecule has 3 nitrogen and oxygen atoms in total. The minimum atomic E-state index is -0.727. The van der Waals surface area contributed by atoms with Crippen molar-refractivity contribution in [3.8, 4) is 0 Å². The zero-order valence-corrected chi connectivity index (χ0v) is 7.29. The molecular weight excluding hydrogens is 144 g/mol. The Morgan fingerprint density at radius 2 is 2.09 bits per heavy atom. The molecule has 0 saturated carbocycles. The van der Waals surface area contributed by atoms with Gasteiger partial charge in [-0.25, -0.2) is 0 Å². The van der Waals surface area contributed by atoms with Gasteiger partial charge in [-0.2, -0.15) is 0 Å². The van der Waals surface area contributed by atoms with E-state index in [2.05, 4.69) is 6.92 Å². The lowest BCUT2D eigenvalue weighted by atomic mass is 10.2. The molecule has 0 aliphatic rings. The van der Waals surface area contributed by atoms with Crippen LogP contribution in [0.5, 0.6) is 0 Å². The first-order chi connectivity index (χ1) is 5.20. The zero-order valence-electron chi connectivity index (χ0n) is 7.29. The average Bonchev–Trinajstić information content (AvgIpc) is 2.01. The third-order valence-electron chi connectivity index (χ3n) is 1.48. The fourth-order valence-corrected chi connectivity index (χ4v) is 0.818. The summed E-state index contributed by atoms with van der Waals surface area (Å²) in [6.07, 6.45) is 1.53. The van der Waals surface area contributed by atoms with Crippen molar-refractivity contribution < 1.29 is 14.9 Å². The molecule has 0 bridgehead atoms. The molecule has 11 heavy (non-hydrogen) atoms. The molecule has 0 aromatic carbocycles. The summed E-state index contributed by atoms with van der Waals surface area (Å²) in [6.45, 7) is 4.06. The SMILES string of the molecule is CCCC(C)OCC(O)CO. The number of hydrogen-bond donors (Lipinski definition) is 2. The van der Waals surface area contributed by atoms with Gasteiger partial charge in [0.15, 0.2) is 0 Å². The number of ether oxygens (including phenoxy) is 1. The van der Waals surface area contributed by atoms with Crippen molar-refractivity contribution in [1.29, 1.82) is 0 Å². The second-order valence-electron chi connectivity index (χ2n) is 2.77. The average molecular weight is 162 g/mol. The summed E-state index contributed by atoms with van der Waals surface area (Å²) in [4.78, 5) is 0. The molecular formula is C8H18O3. The Kier molecular flexibility index (Phi) is 6.51. The summed E-state index contributed by atoms with van der Waals surface area (Å²) in [5, 5.41) is 17.3. The van der Waals surface area contributed by atoms with Crippen LogP contribution in [0.25, 0.3) is 0 Å². The Bertz CT molecular complexity index is 85.4. The largest absolute Gasteiger partial charge is 0.394 e. The molecule has 0 aromatic heterocycles. The van der Waals surface area contributed by atoms with Crippen molar-refractivity contribution in [3.63, 3.8) is 0 Å². The van der Waals surface area contributed by atoms with E-state index in [-0.39, 0.29) is 19.3 Å². The van der Waals surface area contributed by atoms with E-state index in [0.717, 1.165) is 12.8 Å². The van der Waals surface area contributed by atoms with Crippen LogP contribution in [-0.4, -0.2) is 35.6 Å². The predicted molar refractivity (Wildman–Crippen MR) is 43.4 cm³/mol. The summed E-state index contributed by atoms with van der Waals surface area (Å²) in [7, 11) is 0. The Morgan fingerprint density at radius 3 is 2.55 bits per heavy atom. The molecule has 0 aliphatic carbocycles. The van der Waals surface area contributed by atoms with Crippen molar-refractivity contribution in [1.82, 2.24) is 0 Å². The van der Waals surface area contributed by atoms with Gasteiger partial charge >= 0.3 is 0 Å². The maximum atomic E-state index is 8.90. The maximum Gasteiger partial charge on any atom is 0.100 e. The van der Waals surface area contributed by atoms with E-state index in [1.165, 1.54) is 0 Å². The summed E-state index contributed by atoms with van der Waals surface area (Å²) in [6, 6.07) is 0. The second kappa shape index (κ2) is 6.58. The van der Waals surface area contributed by atoms with Crippen LogP contribution >= 0.6 is 0 Å². The fourth-order valence-electron chi connectivity index (χ4n) is 0.818. The van der Waals surface area contributed by atoms with Gasteiger partial charge in [0.05, 0.1) is 19.3 Å². The van der Waals surface area contributed by atoms with Crippen LogP contribution in [-0.2, 0) is 4.74 Å². The van der Waals surface area contributed by atoms with E-state index in [9.17, 15) is 0 Å². The molecule has 0 aromatic rings. The number of rotatable bonds is 6. The van der Waals surface area contributed by atoms with Crippen molar-refractivity contribution in [3.05, 3.63) is 0 Å². The van der Waals surface area contributed by atoms with Crippen LogP contribution in [0.2, 0.25) is 0 Å². The van der Waals surface area contributed by atoms with Crippen LogP contribution in [0.3, 0.4) is 0 Å². The minimum absolute atomic E-state index is 0.182. The molecule has 0 rings (SSSR count). The van der Waals surface area contributed by atoms with Crippen molar-refractivity contribution in [2.24, 2.45) is 0 Å². The Morgan fingerprint density at radius 1 is 1.45 bits per heavy atom. The summed E-state index contributed by atoms with van der Waals surface area (Å²) in [5.41, 5.74) is 0. The molecule has 0 fully saturated rings. The molecule has 0 heterocycles. The van der Waals surface area contributed by atoms with Gasteiger partial charge in [-0.3, -0.25) is 0 Å². The molecule has 0 aliphatic heterocycles. The van der Waals surface area contributed by atoms with Crippen LogP contribution in [0, 0.1) is 0 Å². The van der Waals surface area contributed by atoms with Crippen LogP contribution in [0.4, 0.5) is 0 Å². The first kappa shape index (κ1) is 10.9. The smallest absolute Gasteiger partial charge is 0.100 e. The standard InChI is InChI=1S/C8H18O3/c1-3-4-7(2)11-6-8(10)5-9/h7-10H,3-6H2,1-2H3. The van der Waals surface area contributed by atoms with Gasteiger partial charge in [-0.05, 0) is 13.3 Å². The molecule has 0 amide bonds. The van der Waals surface area contributed by atoms with Crippen LogP contribution in [0.15, 0.2) is 0 Å². The van der Waals surface area contributed by atoms with Gasteiger partial charge in [0.2, 0.25) is 0 Å². The third kappa shape index (κ3) is 6.28. The molecule has 2 atom stereocenters. The zero-order chi connectivity index (χ0) is 8.69. The number of hydrogen-bond acceptors (Lipinski definition) is 3. The van der Waals surface area contributed by atoms with E-state index in [0.29, 0.717) is 0 Å². The molecule has 0 spiro atoms. The summed E-state index contributed by atoms with van der Waals surface area (Å²) in [5.74, 6) is 0. The van der Waals surface area contributed by atoms with Crippen molar-refractivity contribution in [2.75, 3.05) is 13.2 Å². The Balaban J connectivity index is 3.22. The highest BCUT2D eigenvalue weighted by atomic mass is 16.5. The van der Waals surface area contributed by atoms with E-state index in [1.54, 1.807) is 0 Å². The lowest BCUT2D eigenvalue weighted by molar-refractivity contribution is -0.0249. The highest BCUT2D eigenvalue weighted by molar-refractivity contribution is 4.53. The summed E-state index contributed by atoms with van der Waals surface area (Å²) < 4.78 is 5.23. The highest BCUT2D eigenvalue weighted by Gasteiger charge is 2.05. The first-order valence-electron chi connectivity index (χ1n) is 4.11. The van der Waals surface area contributed by atoms with E-state index in [4.69, 9.17) is 14.9 Å². The molecule has 0 saturated heterocycles. The minimum Gasteiger partial charge on any atom is -0.394 e. The number of aliphatic hydroxyl groups excluding tert-OH is 2. The van der Waals surface area contributed by atoms with Gasteiger partial charge in [-0.15, -0.1) is 0 Å². The highest BCUT2D eigenvalue weighted by Crippen LogP contribution is 2.00. The normalized spacial score (nSPS) is 16.4. The molecule has 68 valence electrons. The van der Waals surface area contributed by atoms with Gasteiger partial charge in [0.25, 0.3) is 0 Å². The predicted octanol–water partition coefficient (Wildman–Crippen LogP) is 0.545. The maximum absolute atomic E-state index is 8.90. The van der Waals surface area contributed by atoms with E-state index < -0.39 is 6.10 Å². The van der Waals surface area contributed by atoms with Gasteiger partial charge < -0.3 is 14.9 Å². The summed E-state index contributed by atoms with van der Waals surface area (Å²) >= 11 is 0. The number of aliphatic hydroxyl groups is 2. The van der Waals surface area contributed by atoms with Gasteiger partial charge in [0, 0.05) is 0 Å².